The fourth-order valence-corrected chi connectivity index (χ4v) is 1.45. The molecule has 2 heterocycles. The quantitative estimate of drug-likeness (QED) is 0.786. The van der Waals surface area contributed by atoms with E-state index in [1.54, 1.807) is 18.0 Å². The molecule has 17 heavy (non-hydrogen) atoms. The monoisotopic (exact) mass is 237 g/mol. The Bertz CT molecular complexity index is 475. The first-order chi connectivity index (χ1) is 8.22. The summed E-state index contributed by atoms with van der Waals surface area (Å²) < 4.78 is 12.0. The lowest BCUT2D eigenvalue weighted by molar-refractivity contribution is 0.102. The first-order valence-corrected chi connectivity index (χ1v) is 5.27. The molecule has 0 bridgehead atoms. The van der Waals surface area contributed by atoms with Gasteiger partial charge < -0.3 is 15.0 Å². The van der Waals surface area contributed by atoms with Crippen LogP contribution in [0.2, 0.25) is 0 Å². The number of ether oxygens (including phenoxy) is 1. The van der Waals surface area contributed by atoms with Crippen molar-refractivity contribution < 1.29 is 9.26 Å². The lowest BCUT2D eigenvalue weighted by atomic mass is 10.2. The predicted molar refractivity (Wildman–Crippen MR) is 60.1 cm³/mol. The standard InChI is InChI=1S/C10H15N5O2/c1-15-6-7(5-12-15)10-13-9(17-14-10)3-8(4-11)16-2/h5-6,8H,3-4,11H2,1-2H3. The zero-order valence-electron chi connectivity index (χ0n) is 9.83. The summed E-state index contributed by atoms with van der Waals surface area (Å²) in [5.74, 6) is 1.04. The van der Waals surface area contributed by atoms with Gasteiger partial charge in [-0.1, -0.05) is 5.16 Å². The van der Waals surface area contributed by atoms with Crippen molar-refractivity contribution in [2.24, 2.45) is 12.8 Å². The zero-order chi connectivity index (χ0) is 12.3. The molecular weight excluding hydrogens is 222 g/mol. The van der Waals surface area contributed by atoms with Gasteiger partial charge >= 0.3 is 0 Å². The van der Waals surface area contributed by atoms with Crippen LogP contribution < -0.4 is 5.73 Å². The van der Waals surface area contributed by atoms with E-state index in [2.05, 4.69) is 15.2 Å². The molecule has 2 aromatic heterocycles. The highest BCUT2D eigenvalue weighted by atomic mass is 16.5. The molecule has 7 heteroatoms. The minimum absolute atomic E-state index is 0.0998. The molecule has 0 aliphatic rings. The number of aryl methyl sites for hydroxylation is 1. The summed E-state index contributed by atoms with van der Waals surface area (Å²) in [5, 5.41) is 7.93. The topological polar surface area (TPSA) is 92.0 Å². The average Bonchev–Trinajstić information content (AvgIpc) is 2.94. The average molecular weight is 237 g/mol. The van der Waals surface area contributed by atoms with E-state index in [0.717, 1.165) is 5.56 Å². The van der Waals surface area contributed by atoms with Crippen molar-refractivity contribution in [3.8, 4) is 11.4 Å². The van der Waals surface area contributed by atoms with E-state index in [1.807, 2.05) is 13.2 Å². The lowest BCUT2D eigenvalue weighted by Crippen LogP contribution is -2.24. The summed E-state index contributed by atoms with van der Waals surface area (Å²) in [7, 11) is 3.44. The fraction of sp³-hybridized carbons (Fsp3) is 0.500. The largest absolute Gasteiger partial charge is 0.380 e. The van der Waals surface area contributed by atoms with Gasteiger partial charge in [0.15, 0.2) is 0 Å². The summed E-state index contributed by atoms with van der Waals surface area (Å²) >= 11 is 0. The summed E-state index contributed by atoms with van der Waals surface area (Å²) in [6, 6.07) is 0. The highest BCUT2D eigenvalue weighted by Gasteiger charge is 2.14. The molecule has 0 fully saturated rings. The van der Waals surface area contributed by atoms with E-state index in [9.17, 15) is 0 Å². The molecule has 7 nitrogen and oxygen atoms in total. The van der Waals surface area contributed by atoms with Crippen molar-refractivity contribution in [1.29, 1.82) is 0 Å². The van der Waals surface area contributed by atoms with Crippen LogP contribution in [0.25, 0.3) is 11.4 Å². The summed E-state index contributed by atoms with van der Waals surface area (Å²) in [5.41, 5.74) is 6.35. The van der Waals surface area contributed by atoms with Crippen LogP contribution in [-0.2, 0) is 18.2 Å². The van der Waals surface area contributed by atoms with Gasteiger partial charge in [-0.15, -0.1) is 0 Å². The third-order valence-electron chi connectivity index (χ3n) is 2.43. The van der Waals surface area contributed by atoms with Crippen LogP contribution in [0.3, 0.4) is 0 Å². The van der Waals surface area contributed by atoms with Gasteiger partial charge in [-0.2, -0.15) is 10.1 Å². The molecule has 1 atom stereocenters. The Morgan fingerprint density at radius 2 is 2.41 bits per heavy atom. The second kappa shape index (κ2) is 5.07. The maximum Gasteiger partial charge on any atom is 0.229 e. The van der Waals surface area contributed by atoms with Crippen molar-refractivity contribution in [2.75, 3.05) is 13.7 Å². The first kappa shape index (κ1) is 11.7. The number of nitrogens with zero attached hydrogens (tertiary/aromatic N) is 4. The van der Waals surface area contributed by atoms with Gasteiger partial charge in [0.2, 0.25) is 11.7 Å². The molecule has 1 unspecified atom stereocenters. The number of rotatable bonds is 5. The molecule has 2 rings (SSSR count). The normalized spacial score (nSPS) is 12.9. The number of aromatic nitrogens is 4. The second-order valence-electron chi connectivity index (χ2n) is 3.71. The Balaban J connectivity index is 2.10. The Morgan fingerprint density at radius 1 is 1.59 bits per heavy atom. The van der Waals surface area contributed by atoms with Gasteiger partial charge in [0.1, 0.15) is 0 Å². The molecule has 0 saturated heterocycles. The predicted octanol–water partition coefficient (Wildman–Crippen LogP) is -0.0137. The summed E-state index contributed by atoms with van der Waals surface area (Å²) in [6.07, 6.45) is 3.92. The fourth-order valence-electron chi connectivity index (χ4n) is 1.45. The van der Waals surface area contributed by atoms with Crippen molar-refractivity contribution >= 4 is 0 Å². The molecular formula is C10H15N5O2. The molecule has 92 valence electrons. The van der Waals surface area contributed by atoms with Crippen molar-refractivity contribution in [2.45, 2.75) is 12.5 Å². The van der Waals surface area contributed by atoms with Crippen molar-refractivity contribution in [3.05, 3.63) is 18.3 Å². The first-order valence-electron chi connectivity index (χ1n) is 5.27. The van der Waals surface area contributed by atoms with E-state index in [1.165, 1.54) is 0 Å². The third kappa shape index (κ3) is 2.69. The molecule has 0 saturated carbocycles. The highest BCUT2D eigenvalue weighted by Crippen LogP contribution is 2.14. The van der Waals surface area contributed by atoms with Gasteiger partial charge in [0.25, 0.3) is 0 Å². The molecule has 2 aromatic rings. The molecule has 0 amide bonds. The Kier molecular flexibility index (Phi) is 3.50. The Hall–Kier alpha value is -1.73. The van der Waals surface area contributed by atoms with E-state index in [-0.39, 0.29) is 6.10 Å². The van der Waals surface area contributed by atoms with Gasteiger partial charge in [-0.25, -0.2) is 0 Å². The van der Waals surface area contributed by atoms with E-state index in [0.29, 0.717) is 24.7 Å². The number of methoxy groups -OCH3 is 1. The van der Waals surface area contributed by atoms with Crippen LogP contribution in [0.5, 0.6) is 0 Å². The van der Waals surface area contributed by atoms with Crippen molar-refractivity contribution in [1.82, 2.24) is 19.9 Å². The SMILES string of the molecule is COC(CN)Cc1nc(-c2cnn(C)c2)no1. The maximum absolute atomic E-state index is 5.52. The van der Waals surface area contributed by atoms with Crippen LogP contribution >= 0.6 is 0 Å². The summed E-state index contributed by atoms with van der Waals surface area (Å²) in [4.78, 5) is 4.26. The maximum atomic E-state index is 5.52. The van der Waals surface area contributed by atoms with Crippen molar-refractivity contribution in [3.63, 3.8) is 0 Å². The van der Waals surface area contributed by atoms with Crippen LogP contribution in [0.4, 0.5) is 0 Å². The zero-order valence-corrected chi connectivity index (χ0v) is 9.83. The molecule has 0 aliphatic heterocycles. The van der Waals surface area contributed by atoms with Gasteiger partial charge in [-0.3, -0.25) is 4.68 Å². The lowest BCUT2D eigenvalue weighted by Gasteiger charge is -2.08. The van der Waals surface area contributed by atoms with Crippen LogP contribution in [0.15, 0.2) is 16.9 Å². The third-order valence-corrected chi connectivity index (χ3v) is 2.43. The minimum Gasteiger partial charge on any atom is -0.380 e. The summed E-state index contributed by atoms with van der Waals surface area (Å²) in [6.45, 7) is 0.418. The Labute approximate surface area is 98.6 Å². The number of hydrogen-bond donors (Lipinski definition) is 1. The van der Waals surface area contributed by atoms with E-state index >= 15 is 0 Å². The van der Waals surface area contributed by atoms with E-state index in [4.69, 9.17) is 15.0 Å². The molecule has 0 radical (unpaired) electrons. The second-order valence-corrected chi connectivity index (χ2v) is 3.71. The number of nitrogens with two attached hydrogens (primary N) is 1. The van der Waals surface area contributed by atoms with Gasteiger partial charge in [0, 0.05) is 26.9 Å². The van der Waals surface area contributed by atoms with Gasteiger partial charge in [0.05, 0.1) is 24.3 Å². The van der Waals surface area contributed by atoms with Crippen LogP contribution in [0.1, 0.15) is 5.89 Å². The minimum atomic E-state index is -0.0998. The molecule has 2 N–H and O–H groups in total. The highest BCUT2D eigenvalue weighted by molar-refractivity contribution is 5.50. The van der Waals surface area contributed by atoms with Crippen LogP contribution in [-0.4, -0.2) is 39.7 Å². The molecule has 0 spiro atoms. The number of hydrogen-bond acceptors (Lipinski definition) is 6. The van der Waals surface area contributed by atoms with Crippen LogP contribution in [0, 0.1) is 0 Å². The Morgan fingerprint density at radius 3 is 3.00 bits per heavy atom. The molecule has 0 aliphatic carbocycles. The smallest absolute Gasteiger partial charge is 0.229 e. The van der Waals surface area contributed by atoms with E-state index < -0.39 is 0 Å². The molecule has 0 aromatic carbocycles. The van der Waals surface area contributed by atoms with Gasteiger partial charge in [-0.05, 0) is 0 Å².